The predicted octanol–water partition coefficient (Wildman–Crippen LogP) is 1.89. The second-order valence-corrected chi connectivity index (χ2v) is 6.37. The lowest BCUT2D eigenvalue weighted by molar-refractivity contribution is -0.108. The zero-order valence-electron chi connectivity index (χ0n) is 12.7. The second kappa shape index (κ2) is 6.76. The highest BCUT2D eigenvalue weighted by Crippen LogP contribution is 2.38. The molecule has 2 amide bonds. The number of ether oxygens (including phenoxy) is 1. The number of carbonyl (C=O) groups excluding carboxylic acids is 1. The Kier molecular flexibility index (Phi) is 5.27. The Labute approximate surface area is 121 Å². The Balaban J connectivity index is 1.88. The number of aliphatic hydroxyl groups excluding tert-OH is 1. The summed E-state index contributed by atoms with van der Waals surface area (Å²) in [6, 6.07) is -0.0504. The number of carbonyl (C=O) groups is 1. The second-order valence-electron chi connectivity index (χ2n) is 6.37. The van der Waals surface area contributed by atoms with Crippen LogP contribution in [-0.2, 0) is 4.74 Å². The smallest absolute Gasteiger partial charge is 0.317 e. The summed E-state index contributed by atoms with van der Waals surface area (Å²) < 4.78 is 6.04. The topological polar surface area (TPSA) is 61.8 Å². The fourth-order valence-corrected chi connectivity index (χ4v) is 3.29. The molecule has 2 rings (SSSR count). The average Bonchev–Trinajstić information content (AvgIpc) is 2.46. The van der Waals surface area contributed by atoms with E-state index in [9.17, 15) is 4.79 Å². The van der Waals surface area contributed by atoms with E-state index in [-0.39, 0.29) is 30.3 Å². The normalized spacial score (nSPS) is 27.1. The van der Waals surface area contributed by atoms with Crippen LogP contribution < -0.4 is 5.32 Å². The van der Waals surface area contributed by atoms with Gasteiger partial charge < -0.3 is 20.1 Å². The highest BCUT2D eigenvalue weighted by molar-refractivity contribution is 5.74. The molecule has 1 aliphatic heterocycles. The summed E-state index contributed by atoms with van der Waals surface area (Å²) in [7, 11) is 1.73. The van der Waals surface area contributed by atoms with Gasteiger partial charge >= 0.3 is 6.03 Å². The summed E-state index contributed by atoms with van der Waals surface area (Å²) in [5.74, 6) is 0. The Hall–Kier alpha value is -0.810. The number of nitrogens with zero attached hydrogens (tertiary/aromatic N) is 1. The van der Waals surface area contributed by atoms with Crippen LogP contribution in [0.3, 0.4) is 0 Å². The standard InChI is InChI=1S/C15H28N2O3/c1-12(11-18)17(2)14(19)16-13-6-9-20-15(10-13)7-4-3-5-8-15/h12-13,18H,3-11H2,1-2H3,(H,16,19). The number of aliphatic hydroxyl groups is 1. The molecule has 0 aromatic carbocycles. The number of likely N-dealkylation sites (N-methyl/N-ethyl adjacent to an activating group) is 1. The molecule has 5 heteroatoms. The Morgan fingerprint density at radius 3 is 2.80 bits per heavy atom. The van der Waals surface area contributed by atoms with Crippen LogP contribution >= 0.6 is 0 Å². The summed E-state index contributed by atoms with van der Waals surface area (Å²) in [4.78, 5) is 13.7. The molecular weight excluding hydrogens is 256 g/mol. The van der Waals surface area contributed by atoms with Crippen LogP contribution in [0.4, 0.5) is 4.79 Å². The van der Waals surface area contributed by atoms with Gasteiger partial charge in [0.2, 0.25) is 0 Å². The minimum Gasteiger partial charge on any atom is -0.394 e. The first-order valence-electron chi connectivity index (χ1n) is 7.84. The van der Waals surface area contributed by atoms with Crippen molar-refractivity contribution in [1.29, 1.82) is 0 Å². The Bertz CT molecular complexity index is 324. The molecule has 1 aliphatic carbocycles. The fourth-order valence-electron chi connectivity index (χ4n) is 3.29. The van der Waals surface area contributed by atoms with Gasteiger partial charge in [-0.25, -0.2) is 4.79 Å². The van der Waals surface area contributed by atoms with Crippen molar-refractivity contribution in [3.8, 4) is 0 Å². The van der Waals surface area contributed by atoms with E-state index in [1.807, 2.05) is 6.92 Å². The summed E-state index contributed by atoms with van der Waals surface area (Å²) in [5.41, 5.74) is 0.00954. The number of urea groups is 1. The molecule has 1 spiro atoms. The molecule has 2 fully saturated rings. The molecule has 1 saturated heterocycles. The number of hydrogen-bond acceptors (Lipinski definition) is 3. The maximum absolute atomic E-state index is 12.1. The fraction of sp³-hybridized carbons (Fsp3) is 0.933. The molecule has 116 valence electrons. The average molecular weight is 284 g/mol. The number of amides is 2. The highest BCUT2D eigenvalue weighted by Gasteiger charge is 2.39. The third kappa shape index (κ3) is 3.64. The first-order chi connectivity index (χ1) is 9.56. The molecule has 2 atom stereocenters. The Morgan fingerprint density at radius 1 is 1.45 bits per heavy atom. The van der Waals surface area contributed by atoms with E-state index in [1.54, 1.807) is 11.9 Å². The molecule has 2 N–H and O–H groups in total. The van der Waals surface area contributed by atoms with Gasteiger partial charge in [-0.1, -0.05) is 19.3 Å². The van der Waals surface area contributed by atoms with Crippen LogP contribution in [0.5, 0.6) is 0 Å². The summed E-state index contributed by atoms with van der Waals surface area (Å²) in [6.45, 7) is 2.57. The van der Waals surface area contributed by atoms with Crippen molar-refractivity contribution in [1.82, 2.24) is 10.2 Å². The molecular formula is C15H28N2O3. The van der Waals surface area contributed by atoms with Gasteiger partial charge in [0.15, 0.2) is 0 Å². The molecule has 0 bridgehead atoms. The first-order valence-corrected chi connectivity index (χ1v) is 7.84. The maximum Gasteiger partial charge on any atom is 0.317 e. The Morgan fingerprint density at radius 2 is 2.15 bits per heavy atom. The van der Waals surface area contributed by atoms with E-state index >= 15 is 0 Å². The molecule has 1 saturated carbocycles. The maximum atomic E-state index is 12.1. The molecule has 2 unspecified atom stereocenters. The highest BCUT2D eigenvalue weighted by atomic mass is 16.5. The van der Waals surface area contributed by atoms with Crippen LogP contribution in [0.15, 0.2) is 0 Å². The summed E-state index contributed by atoms with van der Waals surface area (Å²) in [5, 5.41) is 12.2. The minimum absolute atomic E-state index is 0.00954. The zero-order valence-corrected chi connectivity index (χ0v) is 12.7. The van der Waals surface area contributed by atoms with Crippen molar-refractivity contribution in [2.75, 3.05) is 20.3 Å². The molecule has 1 heterocycles. The first kappa shape index (κ1) is 15.6. The zero-order chi connectivity index (χ0) is 14.6. The van der Waals surface area contributed by atoms with Gasteiger partial charge in [0, 0.05) is 19.7 Å². The van der Waals surface area contributed by atoms with E-state index in [0.29, 0.717) is 0 Å². The predicted molar refractivity (Wildman–Crippen MR) is 77.6 cm³/mol. The van der Waals surface area contributed by atoms with Crippen LogP contribution in [0.2, 0.25) is 0 Å². The number of rotatable bonds is 3. The lowest BCUT2D eigenvalue weighted by Gasteiger charge is -2.44. The van der Waals surface area contributed by atoms with Crippen molar-refractivity contribution in [3.63, 3.8) is 0 Å². The third-order valence-corrected chi connectivity index (χ3v) is 4.83. The van der Waals surface area contributed by atoms with Crippen molar-refractivity contribution >= 4 is 6.03 Å². The van der Waals surface area contributed by atoms with E-state index in [2.05, 4.69) is 5.32 Å². The molecule has 5 nitrogen and oxygen atoms in total. The van der Waals surface area contributed by atoms with Gasteiger partial charge in [0.25, 0.3) is 0 Å². The summed E-state index contributed by atoms with van der Waals surface area (Å²) >= 11 is 0. The van der Waals surface area contributed by atoms with E-state index in [4.69, 9.17) is 9.84 Å². The van der Waals surface area contributed by atoms with E-state index in [1.165, 1.54) is 19.3 Å². The summed E-state index contributed by atoms with van der Waals surface area (Å²) in [6.07, 6.45) is 7.85. The molecule has 0 radical (unpaired) electrons. The van der Waals surface area contributed by atoms with Crippen molar-refractivity contribution in [3.05, 3.63) is 0 Å². The SMILES string of the molecule is CC(CO)N(C)C(=O)NC1CCOC2(CCCCC2)C1. The van der Waals surface area contributed by atoms with Crippen LogP contribution in [0.1, 0.15) is 51.9 Å². The van der Waals surface area contributed by atoms with Gasteiger partial charge in [-0.2, -0.15) is 0 Å². The van der Waals surface area contributed by atoms with Crippen molar-refractivity contribution in [2.45, 2.75) is 69.6 Å². The van der Waals surface area contributed by atoms with Crippen LogP contribution in [0, 0.1) is 0 Å². The third-order valence-electron chi connectivity index (χ3n) is 4.83. The molecule has 20 heavy (non-hydrogen) atoms. The van der Waals surface area contributed by atoms with E-state index < -0.39 is 0 Å². The number of nitrogens with one attached hydrogen (secondary N) is 1. The van der Waals surface area contributed by atoms with Gasteiger partial charge in [0.1, 0.15) is 0 Å². The monoisotopic (exact) mass is 284 g/mol. The molecule has 0 aromatic rings. The van der Waals surface area contributed by atoms with Crippen LogP contribution in [0.25, 0.3) is 0 Å². The quantitative estimate of drug-likeness (QED) is 0.832. The van der Waals surface area contributed by atoms with Crippen LogP contribution in [-0.4, -0.2) is 54.0 Å². The largest absolute Gasteiger partial charge is 0.394 e. The van der Waals surface area contributed by atoms with E-state index in [0.717, 1.165) is 32.3 Å². The lowest BCUT2D eigenvalue weighted by Crippen LogP contribution is -2.53. The van der Waals surface area contributed by atoms with Gasteiger partial charge in [-0.15, -0.1) is 0 Å². The van der Waals surface area contributed by atoms with Crippen molar-refractivity contribution in [2.24, 2.45) is 0 Å². The molecule has 2 aliphatic rings. The van der Waals surface area contributed by atoms with Crippen molar-refractivity contribution < 1.29 is 14.6 Å². The number of hydrogen-bond donors (Lipinski definition) is 2. The van der Waals surface area contributed by atoms with Gasteiger partial charge in [0.05, 0.1) is 18.2 Å². The lowest BCUT2D eigenvalue weighted by atomic mass is 9.78. The molecule has 0 aromatic heterocycles. The van der Waals surface area contributed by atoms with Gasteiger partial charge in [-0.3, -0.25) is 0 Å². The minimum atomic E-state index is -0.154. The van der Waals surface area contributed by atoms with Gasteiger partial charge in [-0.05, 0) is 32.6 Å².